The summed E-state index contributed by atoms with van der Waals surface area (Å²) in [7, 11) is 1.61. The number of halogens is 5. The van der Waals surface area contributed by atoms with Crippen molar-refractivity contribution in [2.75, 3.05) is 11.9 Å². The molecule has 2 heterocycles. The van der Waals surface area contributed by atoms with E-state index in [2.05, 4.69) is 27.0 Å². The van der Waals surface area contributed by atoms with E-state index in [0.717, 1.165) is 10.5 Å². The van der Waals surface area contributed by atoms with E-state index in [1.807, 2.05) is 0 Å². The van der Waals surface area contributed by atoms with Gasteiger partial charge in [0.1, 0.15) is 17.1 Å². The van der Waals surface area contributed by atoms with E-state index in [-0.39, 0.29) is 24.2 Å². The molecule has 0 saturated heterocycles. The zero-order chi connectivity index (χ0) is 22.7. The van der Waals surface area contributed by atoms with Crippen LogP contribution in [0.3, 0.4) is 0 Å². The second-order valence-corrected chi connectivity index (χ2v) is 7.64. The van der Waals surface area contributed by atoms with Crippen molar-refractivity contribution in [2.24, 2.45) is 5.41 Å². The van der Waals surface area contributed by atoms with Gasteiger partial charge in [-0.3, -0.25) is 0 Å². The zero-order valence-electron chi connectivity index (χ0n) is 16.6. The minimum atomic E-state index is -4.42. The van der Waals surface area contributed by atoms with E-state index in [4.69, 9.17) is 0 Å². The van der Waals surface area contributed by atoms with Crippen molar-refractivity contribution < 1.29 is 22.0 Å². The highest BCUT2D eigenvalue weighted by Crippen LogP contribution is 2.57. The third-order valence-electron chi connectivity index (χ3n) is 5.52. The molecule has 0 aliphatic heterocycles. The molecule has 4 aromatic rings. The number of anilines is 2. The maximum Gasteiger partial charge on any atom is 0.405 e. The normalized spacial score (nSPS) is 14.9. The molecule has 32 heavy (non-hydrogen) atoms. The molecule has 0 amide bonds. The van der Waals surface area contributed by atoms with Gasteiger partial charge in [0.25, 0.3) is 5.78 Å². The van der Waals surface area contributed by atoms with Crippen molar-refractivity contribution in [1.82, 2.24) is 19.6 Å². The first-order valence-corrected chi connectivity index (χ1v) is 9.62. The molecule has 10 heteroatoms. The van der Waals surface area contributed by atoms with Crippen molar-refractivity contribution >= 4 is 28.2 Å². The molecule has 5 nitrogen and oxygen atoms in total. The van der Waals surface area contributed by atoms with Crippen LogP contribution in [-0.2, 0) is 0 Å². The molecule has 0 spiro atoms. The Kier molecular flexibility index (Phi) is 4.34. The Hall–Kier alpha value is -3.74. The number of rotatable bonds is 2. The van der Waals surface area contributed by atoms with Gasteiger partial charge in [0.05, 0.1) is 5.52 Å². The number of nitrogens with zero attached hydrogens (tertiary/aromatic N) is 5. The second kappa shape index (κ2) is 6.88. The lowest BCUT2D eigenvalue weighted by Crippen LogP contribution is -2.22. The average molecular weight is 443 g/mol. The molecular weight excluding hydrogens is 429 g/mol. The molecule has 162 valence electrons. The first kappa shape index (κ1) is 20.2. The molecule has 1 aliphatic carbocycles. The fourth-order valence-electron chi connectivity index (χ4n) is 3.56. The van der Waals surface area contributed by atoms with Crippen LogP contribution in [0.1, 0.15) is 18.4 Å². The fraction of sp³-hybridized carbons (Fsp3) is 0.227. The van der Waals surface area contributed by atoms with Crippen LogP contribution in [0.5, 0.6) is 0 Å². The minimum absolute atomic E-state index is 0.0142. The Labute approximate surface area is 178 Å². The summed E-state index contributed by atoms with van der Waals surface area (Å²) in [6.07, 6.45) is -5.36. The maximum absolute atomic E-state index is 14.3. The number of benzene rings is 2. The molecule has 1 saturated carbocycles. The maximum atomic E-state index is 14.3. The van der Waals surface area contributed by atoms with Gasteiger partial charge in [0, 0.05) is 23.7 Å². The van der Waals surface area contributed by atoms with E-state index < -0.39 is 23.5 Å². The van der Waals surface area contributed by atoms with Crippen molar-refractivity contribution in [1.29, 1.82) is 0 Å². The largest absolute Gasteiger partial charge is 0.405 e. The second-order valence-electron chi connectivity index (χ2n) is 7.64. The zero-order valence-corrected chi connectivity index (χ0v) is 16.6. The summed E-state index contributed by atoms with van der Waals surface area (Å²) < 4.78 is 69.0. The molecular formula is C22H14F5N5. The van der Waals surface area contributed by atoms with Crippen molar-refractivity contribution in [3.63, 3.8) is 0 Å². The highest BCUT2D eigenvalue weighted by atomic mass is 19.4. The molecule has 0 unspecified atom stereocenters. The predicted molar refractivity (Wildman–Crippen MR) is 107 cm³/mol. The lowest BCUT2D eigenvalue weighted by atomic mass is 10.1. The number of hydrogen-bond acceptors (Lipinski definition) is 4. The lowest BCUT2D eigenvalue weighted by molar-refractivity contribution is -0.168. The fourth-order valence-corrected chi connectivity index (χ4v) is 3.56. The summed E-state index contributed by atoms with van der Waals surface area (Å²) in [5, 5.41) is 7.69. The van der Waals surface area contributed by atoms with Gasteiger partial charge in [-0.25, -0.2) is 8.79 Å². The number of aromatic nitrogens is 4. The van der Waals surface area contributed by atoms with Crippen LogP contribution in [0.15, 0.2) is 42.5 Å². The smallest absolute Gasteiger partial charge is 0.329 e. The van der Waals surface area contributed by atoms with E-state index in [1.54, 1.807) is 36.2 Å². The van der Waals surface area contributed by atoms with Gasteiger partial charge in [0.15, 0.2) is 0 Å². The van der Waals surface area contributed by atoms with Crippen LogP contribution in [-0.4, -0.2) is 32.8 Å². The molecule has 2 aromatic heterocycles. The number of hydrogen-bond donors (Lipinski definition) is 0. The number of para-hydroxylation sites is 1. The first-order valence-electron chi connectivity index (χ1n) is 9.62. The quantitative estimate of drug-likeness (QED) is 0.323. The van der Waals surface area contributed by atoms with Crippen LogP contribution in [0, 0.1) is 29.2 Å². The van der Waals surface area contributed by atoms with Crippen LogP contribution in [0.2, 0.25) is 0 Å². The third-order valence-corrected chi connectivity index (χ3v) is 5.52. The van der Waals surface area contributed by atoms with Gasteiger partial charge in [-0.2, -0.15) is 22.5 Å². The van der Waals surface area contributed by atoms with Gasteiger partial charge < -0.3 is 4.90 Å². The monoisotopic (exact) mass is 443 g/mol. The van der Waals surface area contributed by atoms with Gasteiger partial charge in [-0.1, -0.05) is 29.1 Å². The van der Waals surface area contributed by atoms with Crippen molar-refractivity contribution in [2.45, 2.75) is 19.0 Å². The molecule has 0 N–H and O–H groups in total. The van der Waals surface area contributed by atoms with Gasteiger partial charge in [-0.15, -0.1) is 5.10 Å². The summed E-state index contributed by atoms with van der Waals surface area (Å²) in [5.41, 5.74) is -1.13. The van der Waals surface area contributed by atoms with Crippen LogP contribution >= 0.6 is 0 Å². The van der Waals surface area contributed by atoms with E-state index in [1.165, 1.54) is 12.1 Å². The van der Waals surface area contributed by atoms with Gasteiger partial charge in [0.2, 0.25) is 0 Å². The Morgan fingerprint density at radius 1 is 1.06 bits per heavy atom. The Bertz CT molecular complexity index is 1430. The topological polar surface area (TPSA) is 46.3 Å². The average Bonchev–Trinajstić information content (AvgIpc) is 3.48. The number of fused-ring (bicyclic) bond motifs is 3. The molecule has 1 fully saturated rings. The summed E-state index contributed by atoms with van der Waals surface area (Å²) in [4.78, 5) is 5.90. The van der Waals surface area contributed by atoms with Crippen LogP contribution < -0.4 is 4.90 Å². The van der Waals surface area contributed by atoms with Crippen molar-refractivity contribution in [3.8, 4) is 11.8 Å². The lowest BCUT2D eigenvalue weighted by Gasteiger charge is -2.21. The highest BCUT2D eigenvalue weighted by Gasteiger charge is 2.62. The molecule has 2 aromatic carbocycles. The van der Waals surface area contributed by atoms with Crippen LogP contribution in [0.25, 0.3) is 16.7 Å². The minimum Gasteiger partial charge on any atom is -0.329 e. The van der Waals surface area contributed by atoms with Gasteiger partial charge in [-0.05, 0) is 43.2 Å². The van der Waals surface area contributed by atoms with E-state index in [0.29, 0.717) is 22.4 Å². The Morgan fingerprint density at radius 3 is 2.53 bits per heavy atom. The summed E-state index contributed by atoms with van der Waals surface area (Å²) in [6, 6.07) is 10.6. The third kappa shape index (κ3) is 3.21. The molecule has 5 rings (SSSR count). The Balaban J connectivity index is 1.60. The SMILES string of the molecule is CN(c1cc(F)cc(C#CC2(C(F)(F)F)CC2)c1)c1nc2nnc(F)n2c2ccccc12. The molecule has 0 atom stereocenters. The summed E-state index contributed by atoms with van der Waals surface area (Å²) in [5.74, 6) is 4.46. The first-order chi connectivity index (χ1) is 15.2. The van der Waals surface area contributed by atoms with E-state index in [9.17, 15) is 22.0 Å². The van der Waals surface area contributed by atoms with Crippen LogP contribution in [0.4, 0.5) is 33.5 Å². The van der Waals surface area contributed by atoms with Crippen molar-refractivity contribution in [3.05, 3.63) is 59.9 Å². The molecule has 0 radical (unpaired) electrons. The Morgan fingerprint density at radius 2 is 1.81 bits per heavy atom. The summed E-state index contributed by atoms with van der Waals surface area (Å²) in [6.45, 7) is 0. The van der Waals surface area contributed by atoms with E-state index >= 15 is 0 Å². The summed E-state index contributed by atoms with van der Waals surface area (Å²) >= 11 is 0. The predicted octanol–water partition coefficient (Wildman–Crippen LogP) is 5.02. The highest BCUT2D eigenvalue weighted by molar-refractivity contribution is 5.93. The number of alkyl halides is 3. The standard InChI is InChI=1S/C22H14F5N5/c1-31(18-16-4-2-3-5-17(16)32-19(24)29-30-20(32)28-18)15-11-13(10-14(23)12-15)6-7-21(8-9-21)22(25,26)27/h2-5,10-12H,8-9H2,1H3. The molecule has 0 bridgehead atoms. The molecule has 1 aliphatic rings. The van der Waals surface area contributed by atoms with Gasteiger partial charge >= 0.3 is 12.3 Å².